The summed E-state index contributed by atoms with van der Waals surface area (Å²) in [6, 6.07) is 4.10. The molecule has 7 atom stereocenters. The standard InChI is InChI=1S/C19H14N2O7S2/c22-17(23)12-8-4-7-11-10(15-16(29-14(8)11)20-19(25)30-15)6-3-5(21(26)27)1-2-9(6)28-18(24)13(7)12/h1-3,7-8,10-14H,4H2,(H,20,25)(H,22,23)/t7-,8-,10+,11-,12-,13+,14+/m1/s1. The first kappa shape index (κ1) is 18.1. The summed E-state index contributed by atoms with van der Waals surface area (Å²) in [7, 11) is 0. The lowest BCUT2D eigenvalue weighted by Crippen LogP contribution is -2.49. The fourth-order valence-corrected chi connectivity index (χ4v) is 8.98. The molecule has 2 fully saturated rings. The molecule has 9 nitrogen and oxygen atoms in total. The Bertz CT molecular complexity index is 1200. The van der Waals surface area contributed by atoms with E-state index in [1.54, 1.807) is 0 Å². The number of thioether (sulfide) groups is 1. The fraction of sp³-hybridized carbons (Fsp3) is 0.421. The molecule has 2 aromatic rings. The average molecular weight is 446 g/mol. The number of ether oxygens (including phenoxy) is 1. The quantitative estimate of drug-likeness (QED) is 0.310. The summed E-state index contributed by atoms with van der Waals surface area (Å²) >= 11 is 2.55. The number of carbonyl (C=O) groups is 2. The van der Waals surface area contributed by atoms with Crippen LogP contribution in [0.4, 0.5) is 5.69 Å². The van der Waals surface area contributed by atoms with Crippen molar-refractivity contribution in [3.63, 3.8) is 0 Å². The van der Waals surface area contributed by atoms with Crippen molar-refractivity contribution in [2.75, 3.05) is 0 Å². The molecule has 1 aromatic heterocycles. The molecule has 4 aliphatic rings. The summed E-state index contributed by atoms with van der Waals surface area (Å²) in [6.07, 6.45) is 0.596. The maximum absolute atomic E-state index is 13.0. The highest BCUT2D eigenvalue weighted by molar-refractivity contribution is 8.00. The number of benzene rings is 1. The first-order valence-corrected chi connectivity index (χ1v) is 11.2. The van der Waals surface area contributed by atoms with Gasteiger partial charge in [0, 0.05) is 33.7 Å². The molecule has 1 aromatic carbocycles. The number of aromatic nitrogens is 1. The predicted molar refractivity (Wildman–Crippen MR) is 105 cm³/mol. The number of nitrogens with one attached hydrogen (secondary N) is 1. The Kier molecular flexibility index (Phi) is 3.59. The monoisotopic (exact) mass is 446 g/mol. The molecule has 2 aliphatic carbocycles. The van der Waals surface area contributed by atoms with Gasteiger partial charge in [-0.3, -0.25) is 24.5 Å². The molecule has 2 aliphatic heterocycles. The van der Waals surface area contributed by atoms with Crippen molar-refractivity contribution in [1.82, 2.24) is 4.98 Å². The number of aliphatic carboxylic acids is 1. The number of carboxylic acids is 1. The maximum atomic E-state index is 13.0. The number of aromatic amines is 1. The highest BCUT2D eigenvalue weighted by Gasteiger charge is 2.67. The van der Waals surface area contributed by atoms with E-state index in [9.17, 15) is 29.6 Å². The number of thiazole rings is 1. The predicted octanol–water partition coefficient (Wildman–Crippen LogP) is 2.45. The number of carbonyl (C=O) groups excluding carboxylic acids is 1. The number of hydrogen-bond acceptors (Lipinski definition) is 8. The van der Waals surface area contributed by atoms with Crippen LogP contribution in [0, 0.1) is 39.7 Å². The van der Waals surface area contributed by atoms with Crippen LogP contribution in [-0.2, 0) is 9.59 Å². The van der Waals surface area contributed by atoms with Crippen molar-refractivity contribution in [3.8, 4) is 5.75 Å². The van der Waals surface area contributed by atoms with Crippen LogP contribution in [0.25, 0.3) is 0 Å². The van der Waals surface area contributed by atoms with Gasteiger partial charge >= 0.3 is 16.8 Å². The topological polar surface area (TPSA) is 140 Å². The Hall–Kier alpha value is -2.66. The Balaban J connectivity index is 1.63. The number of nitro groups is 1. The molecule has 0 saturated heterocycles. The largest absolute Gasteiger partial charge is 0.481 e. The summed E-state index contributed by atoms with van der Waals surface area (Å²) in [5, 5.41) is 21.9. The molecular weight excluding hydrogens is 432 g/mol. The number of hydrogen-bond donors (Lipinski definition) is 2. The van der Waals surface area contributed by atoms with Crippen molar-refractivity contribution in [2.24, 2.45) is 29.6 Å². The van der Waals surface area contributed by atoms with E-state index in [1.165, 1.54) is 30.0 Å². The third-order valence-corrected chi connectivity index (χ3v) is 9.61. The number of H-pyrrole nitrogens is 1. The molecule has 0 amide bonds. The first-order valence-electron chi connectivity index (χ1n) is 9.47. The van der Waals surface area contributed by atoms with Gasteiger partial charge in [-0.2, -0.15) is 0 Å². The highest BCUT2D eigenvalue weighted by Crippen LogP contribution is 2.68. The van der Waals surface area contributed by atoms with Crippen LogP contribution in [-0.4, -0.2) is 32.2 Å². The lowest BCUT2D eigenvalue weighted by molar-refractivity contribution is -0.385. The molecule has 2 bridgehead atoms. The molecule has 2 saturated carbocycles. The molecule has 0 spiro atoms. The Labute approximate surface area is 176 Å². The molecule has 11 heteroatoms. The second-order valence-corrected chi connectivity index (χ2v) is 10.4. The minimum absolute atomic E-state index is 0.0897. The number of esters is 1. The summed E-state index contributed by atoms with van der Waals surface area (Å²) in [6.45, 7) is 0. The molecule has 2 N–H and O–H groups in total. The molecule has 0 radical (unpaired) electrons. The zero-order valence-electron chi connectivity index (χ0n) is 15.1. The van der Waals surface area contributed by atoms with E-state index in [2.05, 4.69) is 4.98 Å². The van der Waals surface area contributed by atoms with Crippen molar-refractivity contribution >= 4 is 40.7 Å². The van der Waals surface area contributed by atoms with Gasteiger partial charge in [-0.05, 0) is 30.2 Å². The molecule has 30 heavy (non-hydrogen) atoms. The molecular formula is C19H14N2O7S2. The van der Waals surface area contributed by atoms with Crippen molar-refractivity contribution in [3.05, 3.63) is 48.4 Å². The van der Waals surface area contributed by atoms with Gasteiger partial charge in [0.05, 0.1) is 21.8 Å². The van der Waals surface area contributed by atoms with Crippen LogP contribution < -0.4 is 9.61 Å². The van der Waals surface area contributed by atoms with E-state index in [4.69, 9.17) is 4.74 Å². The van der Waals surface area contributed by atoms with Crippen LogP contribution >= 0.6 is 23.1 Å². The second-order valence-electron chi connectivity index (χ2n) is 8.20. The van der Waals surface area contributed by atoms with Crippen LogP contribution in [0.3, 0.4) is 0 Å². The van der Waals surface area contributed by atoms with Gasteiger partial charge in [0.1, 0.15) is 5.75 Å². The SMILES string of the molecule is O=C(O)[C@@H]1[C@H]2C[C@H]3[C@@H]1C(=O)Oc1ccc([N+](=O)[O-])cc1[C@@H]1c4sc(=O)[nH]c4S[C@@H]2[C@@H]13. The number of rotatable bonds is 2. The fourth-order valence-electron chi connectivity index (χ4n) is 6.10. The lowest BCUT2D eigenvalue weighted by atomic mass is 9.66. The molecule has 154 valence electrons. The van der Waals surface area contributed by atoms with Gasteiger partial charge in [-0.25, -0.2) is 0 Å². The zero-order valence-corrected chi connectivity index (χ0v) is 16.8. The number of fused-ring (bicyclic) bond motifs is 6. The summed E-state index contributed by atoms with van der Waals surface area (Å²) in [5.74, 6) is -3.84. The van der Waals surface area contributed by atoms with Gasteiger partial charge in [-0.1, -0.05) is 11.3 Å². The maximum Gasteiger partial charge on any atom is 0.315 e. The first-order chi connectivity index (χ1) is 14.3. The van der Waals surface area contributed by atoms with E-state index < -0.39 is 28.7 Å². The van der Waals surface area contributed by atoms with Crippen LogP contribution in [0.1, 0.15) is 22.8 Å². The van der Waals surface area contributed by atoms with Crippen LogP contribution in [0.15, 0.2) is 28.0 Å². The Morgan fingerprint density at radius 1 is 1.30 bits per heavy atom. The van der Waals surface area contributed by atoms with Crippen molar-refractivity contribution in [1.29, 1.82) is 0 Å². The van der Waals surface area contributed by atoms with Crippen LogP contribution in [0.5, 0.6) is 5.75 Å². The smallest absolute Gasteiger partial charge is 0.315 e. The van der Waals surface area contributed by atoms with Gasteiger partial charge in [0.2, 0.25) is 0 Å². The van der Waals surface area contributed by atoms with Crippen LogP contribution in [0.2, 0.25) is 0 Å². The minimum Gasteiger partial charge on any atom is -0.481 e. The number of nitrogens with zero attached hydrogens (tertiary/aromatic N) is 1. The lowest BCUT2D eigenvalue weighted by Gasteiger charge is -2.45. The molecule has 3 heterocycles. The van der Waals surface area contributed by atoms with E-state index in [-0.39, 0.29) is 45.2 Å². The Morgan fingerprint density at radius 2 is 2.10 bits per heavy atom. The average Bonchev–Trinajstić information content (AvgIpc) is 3.35. The summed E-state index contributed by atoms with van der Waals surface area (Å²) in [4.78, 5) is 51.5. The summed E-state index contributed by atoms with van der Waals surface area (Å²) in [5.41, 5.74) is 0.398. The Morgan fingerprint density at radius 3 is 2.83 bits per heavy atom. The molecule has 6 rings (SSSR count). The van der Waals surface area contributed by atoms with Gasteiger partial charge in [0.25, 0.3) is 5.69 Å². The van der Waals surface area contributed by atoms with Gasteiger partial charge < -0.3 is 14.8 Å². The third-order valence-electron chi connectivity index (χ3n) is 7.02. The van der Waals surface area contributed by atoms with Gasteiger partial charge in [-0.15, -0.1) is 11.8 Å². The normalized spacial score (nSPS) is 35.1. The molecule has 0 unspecified atom stereocenters. The minimum atomic E-state index is -1.01. The third kappa shape index (κ3) is 2.21. The summed E-state index contributed by atoms with van der Waals surface area (Å²) < 4.78 is 5.63. The van der Waals surface area contributed by atoms with E-state index in [0.717, 1.165) is 16.2 Å². The number of carboxylic acid groups (broad SMARTS) is 1. The second kappa shape index (κ2) is 5.94. The van der Waals surface area contributed by atoms with E-state index in [1.807, 2.05) is 0 Å². The number of non-ortho nitro benzene ring substituents is 1. The van der Waals surface area contributed by atoms with E-state index in [0.29, 0.717) is 17.0 Å². The van der Waals surface area contributed by atoms with Crippen molar-refractivity contribution in [2.45, 2.75) is 22.6 Å². The van der Waals surface area contributed by atoms with E-state index >= 15 is 0 Å². The zero-order chi connectivity index (χ0) is 20.9. The number of nitro benzene ring substituents is 1. The van der Waals surface area contributed by atoms with Gasteiger partial charge in [0.15, 0.2) is 0 Å². The van der Waals surface area contributed by atoms with Crippen molar-refractivity contribution < 1.29 is 24.4 Å². The highest BCUT2D eigenvalue weighted by atomic mass is 32.2.